The van der Waals surface area contributed by atoms with Crippen molar-refractivity contribution in [2.24, 2.45) is 17.3 Å². The number of hydrogen-bond acceptors (Lipinski definition) is 1. The van der Waals surface area contributed by atoms with Crippen molar-refractivity contribution in [3.05, 3.63) is 0 Å². The monoisotopic (exact) mass is 182 g/mol. The average molecular weight is 182 g/mol. The summed E-state index contributed by atoms with van der Waals surface area (Å²) in [5.74, 6) is 1.82. The summed E-state index contributed by atoms with van der Waals surface area (Å²) in [6, 6.07) is 0. The molecule has 0 aromatic heterocycles. The number of rotatable bonds is 2. The highest BCUT2D eigenvalue weighted by Crippen LogP contribution is 2.42. The molecule has 0 aromatic rings. The molecule has 0 amide bonds. The summed E-state index contributed by atoms with van der Waals surface area (Å²) in [5.41, 5.74) is 0.343. The maximum atomic E-state index is 11.4. The first-order chi connectivity index (χ1) is 5.97. The first-order valence-electron chi connectivity index (χ1n) is 5.49. The Balaban J connectivity index is 2.70. The molecule has 0 saturated heterocycles. The molecule has 0 heterocycles. The minimum atomic E-state index is 0.343. The first kappa shape index (κ1) is 10.7. The van der Waals surface area contributed by atoms with Gasteiger partial charge in [-0.1, -0.05) is 34.1 Å². The van der Waals surface area contributed by atoms with Gasteiger partial charge in [0, 0.05) is 12.8 Å². The maximum absolute atomic E-state index is 11.4. The molecule has 76 valence electrons. The molecule has 1 saturated carbocycles. The maximum Gasteiger partial charge on any atom is 0.133 e. The molecule has 0 bridgehead atoms. The average Bonchev–Trinajstić information content (AvgIpc) is 2.09. The zero-order valence-electron chi connectivity index (χ0n) is 9.39. The van der Waals surface area contributed by atoms with Gasteiger partial charge < -0.3 is 0 Å². The van der Waals surface area contributed by atoms with Gasteiger partial charge in [-0.25, -0.2) is 0 Å². The highest BCUT2D eigenvalue weighted by molar-refractivity contribution is 5.79. The molecule has 1 heteroatoms. The van der Waals surface area contributed by atoms with Gasteiger partial charge in [-0.05, 0) is 23.7 Å². The Morgan fingerprint density at radius 3 is 2.62 bits per heavy atom. The van der Waals surface area contributed by atoms with Crippen LogP contribution in [0.25, 0.3) is 0 Å². The molecular formula is C12H22O. The lowest BCUT2D eigenvalue weighted by atomic mass is 9.65. The molecule has 0 spiro atoms. The molecular weight excluding hydrogens is 160 g/mol. The van der Waals surface area contributed by atoms with Crippen molar-refractivity contribution in [3.8, 4) is 0 Å². The van der Waals surface area contributed by atoms with Gasteiger partial charge in [-0.2, -0.15) is 0 Å². The molecule has 1 fully saturated rings. The lowest BCUT2D eigenvalue weighted by molar-refractivity contribution is -0.124. The Labute approximate surface area is 81.9 Å². The molecule has 1 aliphatic rings. The van der Waals surface area contributed by atoms with Crippen molar-refractivity contribution in [1.82, 2.24) is 0 Å². The Morgan fingerprint density at radius 2 is 2.08 bits per heavy atom. The van der Waals surface area contributed by atoms with Crippen molar-refractivity contribution in [2.45, 2.75) is 53.4 Å². The fourth-order valence-corrected chi connectivity index (χ4v) is 2.45. The molecule has 13 heavy (non-hydrogen) atoms. The lowest BCUT2D eigenvalue weighted by Crippen LogP contribution is -2.34. The van der Waals surface area contributed by atoms with E-state index in [9.17, 15) is 4.79 Å². The van der Waals surface area contributed by atoms with Crippen molar-refractivity contribution in [2.75, 3.05) is 0 Å². The Hall–Kier alpha value is -0.330. The Morgan fingerprint density at radius 1 is 1.46 bits per heavy atom. The predicted molar refractivity (Wildman–Crippen MR) is 55.6 cm³/mol. The largest absolute Gasteiger partial charge is 0.300 e. The summed E-state index contributed by atoms with van der Waals surface area (Å²) in [6.07, 6.45) is 3.92. The zero-order valence-corrected chi connectivity index (χ0v) is 9.39. The van der Waals surface area contributed by atoms with E-state index in [1.807, 2.05) is 0 Å². The standard InChI is InChI=1S/C12H22O/c1-5-12(3,4)11-8-10(13)7-6-9(11)2/h9,11H,5-8H2,1-4H3. The fourth-order valence-electron chi connectivity index (χ4n) is 2.45. The number of carbonyl (C=O) groups is 1. The van der Waals surface area contributed by atoms with Crippen molar-refractivity contribution >= 4 is 5.78 Å². The Bertz CT molecular complexity index is 193. The molecule has 0 radical (unpaired) electrons. The van der Waals surface area contributed by atoms with Gasteiger partial charge >= 0.3 is 0 Å². The molecule has 2 atom stereocenters. The SMILES string of the molecule is CCC(C)(C)C1CC(=O)CCC1C. The number of ketones is 1. The van der Waals surface area contributed by atoms with E-state index in [-0.39, 0.29) is 0 Å². The third kappa shape index (κ3) is 2.32. The summed E-state index contributed by atoms with van der Waals surface area (Å²) in [5, 5.41) is 0. The normalized spacial score (nSPS) is 30.6. The van der Waals surface area contributed by atoms with Gasteiger partial charge in [0.1, 0.15) is 5.78 Å². The van der Waals surface area contributed by atoms with Gasteiger partial charge in [0.05, 0.1) is 0 Å². The highest BCUT2D eigenvalue weighted by Gasteiger charge is 2.36. The van der Waals surface area contributed by atoms with Crippen LogP contribution in [0, 0.1) is 17.3 Å². The van der Waals surface area contributed by atoms with Crippen molar-refractivity contribution in [1.29, 1.82) is 0 Å². The van der Waals surface area contributed by atoms with Crippen LogP contribution >= 0.6 is 0 Å². The highest BCUT2D eigenvalue weighted by atomic mass is 16.1. The second kappa shape index (κ2) is 3.81. The number of Topliss-reactive ketones (excluding diaryl/α,β-unsaturated/α-hetero) is 1. The molecule has 1 aliphatic carbocycles. The summed E-state index contributed by atoms with van der Waals surface area (Å²) < 4.78 is 0. The lowest BCUT2D eigenvalue weighted by Gasteiger charge is -2.40. The van der Waals surface area contributed by atoms with Gasteiger partial charge in [0.15, 0.2) is 0 Å². The van der Waals surface area contributed by atoms with Crippen LogP contribution in [0.2, 0.25) is 0 Å². The van der Waals surface area contributed by atoms with E-state index in [2.05, 4.69) is 27.7 Å². The summed E-state index contributed by atoms with van der Waals surface area (Å²) >= 11 is 0. The topological polar surface area (TPSA) is 17.1 Å². The van der Waals surface area contributed by atoms with E-state index in [1.54, 1.807) is 0 Å². The number of carbonyl (C=O) groups excluding carboxylic acids is 1. The Kier molecular flexibility index (Phi) is 3.15. The summed E-state index contributed by atoms with van der Waals surface area (Å²) in [4.78, 5) is 11.4. The summed E-state index contributed by atoms with van der Waals surface area (Å²) in [7, 11) is 0. The third-order valence-corrected chi connectivity index (χ3v) is 3.93. The third-order valence-electron chi connectivity index (χ3n) is 3.93. The quantitative estimate of drug-likeness (QED) is 0.639. The smallest absolute Gasteiger partial charge is 0.133 e. The van der Waals surface area contributed by atoms with Crippen LogP contribution < -0.4 is 0 Å². The molecule has 0 N–H and O–H groups in total. The van der Waals surface area contributed by atoms with Gasteiger partial charge in [-0.15, -0.1) is 0 Å². The number of hydrogen-bond donors (Lipinski definition) is 0. The molecule has 0 aromatic carbocycles. The van der Waals surface area contributed by atoms with E-state index < -0.39 is 0 Å². The van der Waals surface area contributed by atoms with E-state index in [1.165, 1.54) is 6.42 Å². The molecule has 2 unspecified atom stereocenters. The predicted octanol–water partition coefficient (Wildman–Crippen LogP) is 3.43. The molecule has 0 aliphatic heterocycles. The second-order valence-corrected chi connectivity index (χ2v) is 5.21. The van der Waals surface area contributed by atoms with Crippen LogP contribution in [0.1, 0.15) is 53.4 Å². The van der Waals surface area contributed by atoms with E-state index in [4.69, 9.17) is 0 Å². The van der Waals surface area contributed by atoms with E-state index in [0.29, 0.717) is 17.1 Å². The van der Waals surface area contributed by atoms with Crippen LogP contribution in [0.3, 0.4) is 0 Å². The van der Waals surface area contributed by atoms with Gasteiger partial charge in [0.25, 0.3) is 0 Å². The second-order valence-electron chi connectivity index (χ2n) is 5.21. The first-order valence-corrected chi connectivity index (χ1v) is 5.49. The van der Waals surface area contributed by atoms with Crippen LogP contribution in [-0.4, -0.2) is 5.78 Å². The van der Waals surface area contributed by atoms with E-state index in [0.717, 1.165) is 25.2 Å². The molecule has 1 rings (SSSR count). The van der Waals surface area contributed by atoms with E-state index >= 15 is 0 Å². The van der Waals surface area contributed by atoms with Crippen LogP contribution in [0.5, 0.6) is 0 Å². The molecule has 1 nitrogen and oxygen atoms in total. The minimum absolute atomic E-state index is 0.343. The zero-order chi connectivity index (χ0) is 10.1. The van der Waals surface area contributed by atoms with Crippen molar-refractivity contribution < 1.29 is 4.79 Å². The fraction of sp³-hybridized carbons (Fsp3) is 0.917. The van der Waals surface area contributed by atoms with Gasteiger partial charge in [-0.3, -0.25) is 4.79 Å². The summed E-state index contributed by atoms with van der Waals surface area (Å²) in [6.45, 7) is 9.12. The van der Waals surface area contributed by atoms with Crippen LogP contribution in [-0.2, 0) is 4.79 Å². The van der Waals surface area contributed by atoms with Crippen molar-refractivity contribution in [3.63, 3.8) is 0 Å². The van der Waals surface area contributed by atoms with Crippen LogP contribution in [0.15, 0.2) is 0 Å². The minimum Gasteiger partial charge on any atom is -0.300 e. The van der Waals surface area contributed by atoms with Crippen LogP contribution in [0.4, 0.5) is 0 Å². The van der Waals surface area contributed by atoms with Gasteiger partial charge in [0.2, 0.25) is 0 Å².